The van der Waals surface area contributed by atoms with Crippen molar-refractivity contribution in [3.8, 4) is 0 Å². The molecular weight excluding hydrogens is 206 g/mol. The SMILES string of the molecule is C=CSCC(Br)[N+](=O)[O-]. The van der Waals surface area contributed by atoms with E-state index in [4.69, 9.17) is 0 Å². The predicted molar refractivity (Wildman–Crippen MR) is 42.4 cm³/mol. The molecule has 0 amide bonds. The van der Waals surface area contributed by atoms with Gasteiger partial charge in [-0.05, 0) is 21.3 Å². The Kier molecular flexibility index (Phi) is 4.80. The largest absolute Gasteiger partial charge is 0.275 e. The fourth-order valence-electron chi connectivity index (χ4n) is 0.208. The first-order chi connectivity index (χ1) is 4.18. The minimum Gasteiger partial charge on any atom is -0.263 e. The minimum absolute atomic E-state index is 0.378. The van der Waals surface area contributed by atoms with Gasteiger partial charge in [0, 0.05) is 4.92 Å². The summed E-state index contributed by atoms with van der Waals surface area (Å²) >= 11 is 4.20. The molecule has 0 saturated carbocycles. The normalized spacial score (nSPS) is 12.6. The molecule has 0 fully saturated rings. The molecule has 0 saturated heterocycles. The van der Waals surface area contributed by atoms with E-state index in [0.717, 1.165) is 0 Å². The zero-order valence-electron chi connectivity index (χ0n) is 4.62. The summed E-state index contributed by atoms with van der Waals surface area (Å²) in [6, 6.07) is 0. The third-order valence-electron chi connectivity index (χ3n) is 0.580. The monoisotopic (exact) mass is 211 g/mol. The van der Waals surface area contributed by atoms with Gasteiger partial charge in [0.05, 0.1) is 5.75 Å². The van der Waals surface area contributed by atoms with Crippen molar-refractivity contribution in [3.63, 3.8) is 0 Å². The van der Waals surface area contributed by atoms with E-state index in [1.165, 1.54) is 11.8 Å². The molecule has 0 bridgehead atoms. The van der Waals surface area contributed by atoms with Crippen molar-refractivity contribution in [2.24, 2.45) is 0 Å². The molecule has 0 aliphatic carbocycles. The van der Waals surface area contributed by atoms with Gasteiger partial charge in [-0.25, -0.2) is 0 Å². The molecule has 5 heteroatoms. The van der Waals surface area contributed by atoms with Crippen LogP contribution in [0.4, 0.5) is 0 Å². The number of nitrogens with zero attached hydrogens (tertiary/aromatic N) is 1. The van der Waals surface area contributed by atoms with Crippen LogP contribution in [0.5, 0.6) is 0 Å². The molecule has 0 rings (SSSR count). The Morgan fingerprint density at radius 3 is 2.89 bits per heavy atom. The van der Waals surface area contributed by atoms with Gasteiger partial charge in [0.1, 0.15) is 0 Å². The van der Waals surface area contributed by atoms with Gasteiger partial charge in [0.2, 0.25) is 0 Å². The molecule has 0 heterocycles. The highest BCUT2D eigenvalue weighted by molar-refractivity contribution is 9.09. The Morgan fingerprint density at radius 2 is 2.56 bits per heavy atom. The molecule has 0 spiro atoms. The van der Waals surface area contributed by atoms with E-state index in [0.29, 0.717) is 5.75 Å². The Balaban J connectivity index is 3.37. The van der Waals surface area contributed by atoms with Crippen LogP contribution in [0.25, 0.3) is 0 Å². The van der Waals surface area contributed by atoms with Crippen LogP contribution in [0.3, 0.4) is 0 Å². The van der Waals surface area contributed by atoms with E-state index in [1.807, 2.05) is 0 Å². The average Bonchev–Trinajstić information content (AvgIpc) is 1.82. The van der Waals surface area contributed by atoms with Gasteiger partial charge < -0.3 is 0 Å². The molecule has 1 unspecified atom stereocenters. The van der Waals surface area contributed by atoms with E-state index >= 15 is 0 Å². The second kappa shape index (κ2) is 4.81. The van der Waals surface area contributed by atoms with Gasteiger partial charge in [-0.3, -0.25) is 10.1 Å². The van der Waals surface area contributed by atoms with Gasteiger partial charge in [0.25, 0.3) is 4.95 Å². The van der Waals surface area contributed by atoms with Crippen molar-refractivity contribution in [1.82, 2.24) is 0 Å². The summed E-state index contributed by atoms with van der Waals surface area (Å²) in [5.74, 6) is 0.427. The highest BCUT2D eigenvalue weighted by Gasteiger charge is 2.12. The molecule has 3 nitrogen and oxygen atoms in total. The van der Waals surface area contributed by atoms with Crippen molar-refractivity contribution in [3.05, 3.63) is 22.1 Å². The van der Waals surface area contributed by atoms with Gasteiger partial charge in [-0.2, -0.15) is 0 Å². The topological polar surface area (TPSA) is 43.1 Å². The van der Waals surface area contributed by atoms with Crippen LogP contribution < -0.4 is 0 Å². The summed E-state index contributed by atoms with van der Waals surface area (Å²) in [6.07, 6.45) is 0. The molecule has 0 aliphatic heterocycles. The van der Waals surface area contributed by atoms with Crippen LogP contribution in [0, 0.1) is 10.1 Å². The Bertz CT molecular complexity index is 119. The van der Waals surface area contributed by atoms with Gasteiger partial charge in [0.15, 0.2) is 0 Å². The van der Waals surface area contributed by atoms with Crippen LogP contribution in [0.1, 0.15) is 0 Å². The molecular formula is C4H6BrNO2S. The number of halogens is 1. The summed E-state index contributed by atoms with van der Waals surface area (Å²) < 4.78 is 0. The molecule has 0 aromatic carbocycles. The zero-order valence-corrected chi connectivity index (χ0v) is 7.02. The Morgan fingerprint density at radius 1 is 2.00 bits per heavy atom. The van der Waals surface area contributed by atoms with Crippen molar-refractivity contribution in [1.29, 1.82) is 0 Å². The van der Waals surface area contributed by atoms with Crippen molar-refractivity contribution >= 4 is 27.7 Å². The lowest BCUT2D eigenvalue weighted by molar-refractivity contribution is -0.487. The molecule has 0 aliphatic rings. The van der Waals surface area contributed by atoms with E-state index in [9.17, 15) is 10.1 Å². The maximum Gasteiger partial charge on any atom is 0.275 e. The molecule has 52 valence electrons. The fourth-order valence-corrected chi connectivity index (χ4v) is 1.08. The third kappa shape index (κ3) is 4.47. The number of alkyl halides is 1. The maximum atomic E-state index is 9.92. The van der Waals surface area contributed by atoms with Crippen LogP contribution >= 0.6 is 27.7 Å². The van der Waals surface area contributed by atoms with Crippen molar-refractivity contribution in [2.75, 3.05) is 5.75 Å². The lowest BCUT2D eigenvalue weighted by Crippen LogP contribution is -2.13. The smallest absolute Gasteiger partial charge is 0.263 e. The van der Waals surface area contributed by atoms with Crippen molar-refractivity contribution in [2.45, 2.75) is 4.95 Å². The summed E-state index contributed by atoms with van der Waals surface area (Å²) in [5.41, 5.74) is 0. The number of rotatable bonds is 4. The summed E-state index contributed by atoms with van der Waals surface area (Å²) in [7, 11) is 0. The number of nitro groups is 1. The van der Waals surface area contributed by atoms with E-state index in [-0.39, 0.29) is 4.92 Å². The average molecular weight is 212 g/mol. The maximum absolute atomic E-state index is 9.92. The summed E-state index contributed by atoms with van der Waals surface area (Å²) in [4.78, 5) is 8.89. The predicted octanol–water partition coefficient (Wildman–Crippen LogP) is 1.86. The first-order valence-corrected chi connectivity index (χ1v) is 4.15. The Labute approximate surface area is 65.8 Å². The lowest BCUT2D eigenvalue weighted by Gasteiger charge is -1.96. The van der Waals surface area contributed by atoms with Crippen LogP contribution in [-0.2, 0) is 0 Å². The second-order valence-corrected chi connectivity index (χ2v) is 3.28. The Hall–Kier alpha value is -0.0300. The fraction of sp³-hybridized carbons (Fsp3) is 0.500. The van der Waals surface area contributed by atoms with Crippen molar-refractivity contribution < 1.29 is 4.92 Å². The first kappa shape index (κ1) is 8.97. The standard InChI is InChI=1S/C4H6BrNO2S/c1-2-9-3-4(5)6(7)8/h2,4H,1,3H2. The van der Waals surface area contributed by atoms with Crippen LogP contribution in [0.2, 0.25) is 0 Å². The van der Waals surface area contributed by atoms with E-state index in [2.05, 4.69) is 22.5 Å². The summed E-state index contributed by atoms with van der Waals surface area (Å²) in [5, 5.41) is 11.5. The number of hydrogen-bond donors (Lipinski definition) is 0. The van der Waals surface area contributed by atoms with Gasteiger partial charge >= 0.3 is 0 Å². The molecule has 0 N–H and O–H groups in total. The third-order valence-corrected chi connectivity index (χ3v) is 2.41. The van der Waals surface area contributed by atoms with Gasteiger partial charge in [-0.1, -0.05) is 6.58 Å². The minimum atomic E-state index is -0.652. The number of thioether (sulfide) groups is 1. The molecule has 0 aromatic rings. The van der Waals surface area contributed by atoms with E-state index in [1.54, 1.807) is 5.41 Å². The van der Waals surface area contributed by atoms with Gasteiger partial charge in [-0.15, -0.1) is 11.8 Å². The molecule has 0 aromatic heterocycles. The molecule has 0 radical (unpaired) electrons. The number of hydrogen-bond acceptors (Lipinski definition) is 3. The molecule has 9 heavy (non-hydrogen) atoms. The highest BCUT2D eigenvalue weighted by Crippen LogP contribution is 2.09. The summed E-state index contributed by atoms with van der Waals surface area (Å²) in [6.45, 7) is 3.41. The van der Waals surface area contributed by atoms with Crippen LogP contribution in [-0.4, -0.2) is 15.6 Å². The lowest BCUT2D eigenvalue weighted by atomic mass is 10.8. The first-order valence-electron chi connectivity index (χ1n) is 2.18. The quantitative estimate of drug-likeness (QED) is 0.309. The molecule has 1 atom stereocenters. The zero-order chi connectivity index (χ0) is 7.28. The second-order valence-electron chi connectivity index (χ2n) is 1.22. The highest BCUT2D eigenvalue weighted by atomic mass is 79.9. The van der Waals surface area contributed by atoms with E-state index < -0.39 is 4.95 Å². The van der Waals surface area contributed by atoms with Crippen LogP contribution in [0.15, 0.2) is 12.0 Å².